The van der Waals surface area contributed by atoms with Crippen LogP contribution in [0.5, 0.6) is 5.75 Å². The van der Waals surface area contributed by atoms with Crippen LogP contribution in [0, 0.1) is 13.8 Å². The number of hydrogen-bond donors (Lipinski definition) is 0. The summed E-state index contributed by atoms with van der Waals surface area (Å²) in [6, 6.07) is 13.1. The minimum Gasteiger partial charge on any atom is -0.486 e. The Bertz CT molecular complexity index is 620. The zero-order chi connectivity index (χ0) is 14.5. The van der Waals surface area contributed by atoms with Crippen molar-refractivity contribution >= 4 is 17.4 Å². The van der Waals surface area contributed by atoms with E-state index in [0.29, 0.717) is 17.2 Å². The lowest BCUT2D eigenvalue weighted by Gasteiger charge is -2.07. The Balaban J connectivity index is 1.91. The average Bonchev–Trinajstić information content (AvgIpc) is 2.41. The molecule has 2 nitrogen and oxygen atoms in total. The molecule has 20 heavy (non-hydrogen) atoms. The lowest BCUT2D eigenvalue weighted by molar-refractivity contribution is -0.120. The van der Waals surface area contributed by atoms with Crippen molar-refractivity contribution in [2.45, 2.75) is 20.3 Å². The van der Waals surface area contributed by atoms with Crippen molar-refractivity contribution in [3.63, 3.8) is 0 Å². The third-order valence-corrected chi connectivity index (χ3v) is 3.40. The van der Waals surface area contributed by atoms with Gasteiger partial charge in [0, 0.05) is 11.4 Å². The first-order chi connectivity index (χ1) is 9.54. The van der Waals surface area contributed by atoms with Crippen molar-refractivity contribution in [2.24, 2.45) is 0 Å². The van der Waals surface area contributed by atoms with Crippen LogP contribution in [-0.2, 0) is 11.2 Å². The van der Waals surface area contributed by atoms with E-state index in [1.54, 1.807) is 24.3 Å². The van der Waals surface area contributed by atoms with Gasteiger partial charge in [-0.15, -0.1) is 0 Å². The van der Waals surface area contributed by atoms with Gasteiger partial charge in [0.25, 0.3) is 0 Å². The summed E-state index contributed by atoms with van der Waals surface area (Å²) in [7, 11) is 0. The van der Waals surface area contributed by atoms with E-state index in [1.165, 1.54) is 11.1 Å². The van der Waals surface area contributed by atoms with Crippen molar-refractivity contribution in [1.29, 1.82) is 0 Å². The number of hydrogen-bond acceptors (Lipinski definition) is 2. The number of carbonyl (C=O) groups is 1. The van der Waals surface area contributed by atoms with Crippen LogP contribution in [0.2, 0.25) is 5.02 Å². The van der Waals surface area contributed by atoms with Gasteiger partial charge >= 0.3 is 0 Å². The normalized spacial score (nSPS) is 10.3. The molecular formula is C17H17ClO2. The van der Waals surface area contributed by atoms with Gasteiger partial charge in [-0.3, -0.25) is 4.79 Å². The second-order valence-electron chi connectivity index (χ2n) is 4.88. The van der Waals surface area contributed by atoms with Gasteiger partial charge in [0.05, 0.1) is 0 Å². The van der Waals surface area contributed by atoms with Crippen LogP contribution < -0.4 is 4.74 Å². The predicted molar refractivity (Wildman–Crippen MR) is 81.6 cm³/mol. The van der Waals surface area contributed by atoms with E-state index in [1.807, 2.05) is 25.1 Å². The van der Waals surface area contributed by atoms with Crippen molar-refractivity contribution in [1.82, 2.24) is 0 Å². The molecule has 0 unspecified atom stereocenters. The molecule has 3 heteroatoms. The largest absolute Gasteiger partial charge is 0.486 e. The second-order valence-corrected chi connectivity index (χ2v) is 5.32. The quantitative estimate of drug-likeness (QED) is 0.826. The summed E-state index contributed by atoms with van der Waals surface area (Å²) in [6.07, 6.45) is 0.391. The molecule has 0 spiro atoms. The zero-order valence-electron chi connectivity index (χ0n) is 11.7. The standard InChI is InChI=1S/C17H17ClO2/c1-12-6-7-14(8-13(12)2)9-16(19)11-20-17-5-3-4-15(18)10-17/h3-8,10H,9,11H2,1-2H3. The third kappa shape index (κ3) is 4.10. The fraction of sp³-hybridized carbons (Fsp3) is 0.235. The summed E-state index contributed by atoms with van der Waals surface area (Å²) < 4.78 is 5.44. The Morgan fingerprint density at radius 2 is 1.90 bits per heavy atom. The van der Waals surface area contributed by atoms with E-state index in [0.717, 1.165) is 5.56 Å². The van der Waals surface area contributed by atoms with Gasteiger partial charge in [-0.2, -0.15) is 0 Å². The fourth-order valence-electron chi connectivity index (χ4n) is 1.91. The first-order valence-electron chi connectivity index (χ1n) is 6.51. The van der Waals surface area contributed by atoms with Crippen LogP contribution in [0.15, 0.2) is 42.5 Å². The molecular weight excluding hydrogens is 272 g/mol. The van der Waals surface area contributed by atoms with Crippen LogP contribution in [-0.4, -0.2) is 12.4 Å². The van der Waals surface area contributed by atoms with Crippen molar-refractivity contribution in [2.75, 3.05) is 6.61 Å². The highest BCUT2D eigenvalue weighted by Gasteiger charge is 2.06. The summed E-state index contributed by atoms with van der Waals surface area (Å²) in [5.41, 5.74) is 3.45. The maximum absolute atomic E-state index is 11.9. The molecule has 2 rings (SSSR count). The van der Waals surface area contributed by atoms with Crippen molar-refractivity contribution in [3.8, 4) is 5.75 Å². The van der Waals surface area contributed by atoms with Gasteiger partial charge in [0.1, 0.15) is 12.4 Å². The molecule has 0 fully saturated rings. The topological polar surface area (TPSA) is 26.3 Å². The molecule has 2 aromatic carbocycles. The van der Waals surface area contributed by atoms with E-state index in [2.05, 4.69) is 6.92 Å². The number of aryl methyl sites for hydroxylation is 2. The lowest BCUT2D eigenvalue weighted by Crippen LogP contribution is -2.13. The minimum absolute atomic E-state index is 0.0493. The maximum atomic E-state index is 11.9. The Morgan fingerprint density at radius 3 is 2.60 bits per heavy atom. The number of carbonyl (C=O) groups excluding carboxylic acids is 1. The van der Waals surface area contributed by atoms with Gasteiger partial charge in [-0.25, -0.2) is 0 Å². The minimum atomic E-state index is 0.0493. The highest BCUT2D eigenvalue weighted by Crippen LogP contribution is 2.17. The van der Waals surface area contributed by atoms with Crippen LogP contribution >= 0.6 is 11.6 Å². The fourth-order valence-corrected chi connectivity index (χ4v) is 2.09. The monoisotopic (exact) mass is 288 g/mol. The number of rotatable bonds is 5. The molecule has 0 saturated heterocycles. The van der Waals surface area contributed by atoms with Crippen LogP contribution in [0.1, 0.15) is 16.7 Å². The second kappa shape index (κ2) is 6.58. The van der Waals surface area contributed by atoms with E-state index in [-0.39, 0.29) is 12.4 Å². The molecule has 0 aliphatic heterocycles. The zero-order valence-corrected chi connectivity index (χ0v) is 12.4. The highest BCUT2D eigenvalue weighted by molar-refractivity contribution is 6.30. The first-order valence-corrected chi connectivity index (χ1v) is 6.88. The van der Waals surface area contributed by atoms with E-state index in [4.69, 9.17) is 16.3 Å². The maximum Gasteiger partial charge on any atom is 0.174 e. The summed E-state index contributed by atoms with van der Waals surface area (Å²) in [4.78, 5) is 11.9. The molecule has 0 saturated carbocycles. The Morgan fingerprint density at radius 1 is 1.10 bits per heavy atom. The third-order valence-electron chi connectivity index (χ3n) is 3.17. The molecule has 104 valence electrons. The smallest absolute Gasteiger partial charge is 0.174 e. The van der Waals surface area contributed by atoms with E-state index in [9.17, 15) is 4.79 Å². The highest BCUT2D eigenvalue weighted by atomic mass is 35.5. The summed E-state index contributed by atoms with van der Waals surface area (Å²) in [6.45, 7) is 4.17. The summed E-state index contributed by atoms with van der Waals surface area (Å²) in [5, 5.41) is 0.601. The van der Waals surface area contributed by atoms with Gasteiger partial charge < -0.3 is 4.74 Å². The number of ketones is 1. The Labute approximate surface area is 124 Å². The van der Waals surface area contributed by atoms with E-state index < -0.39 is 0 Å². The predicted octanol–water partition coefficient (Wildman–Crippen LogP) is 4.15. The number of benzene rings is 2. The Kier molecular flexibility index (Phi) is 4.80. The molecule has 0 N–H and O–H groups in total. The molecule has 0 aliphatic rings. The number of halogens is 1. The van der Waals surface area contributed by atoms with E-state index >= 15 is 0 Å². The SMILES string of the molecule is Cc1ccc(CC(=O)COc2cccc(Cl)c2)cc1C. The van der Waals surface area contributed by atoms with Gasteiger partial charge in [-0.05, 0) is 48.7 Å². The van der Waals surface area contributed by atoms with Crippen LogP contribution in [0.4, 0.5) is 0 Å². The van der Waals surface area contributed by atoms with Crippen LogP contribution in [0.25, 0.3) is 0 Å². The van der Waals surface area contributed by atoms with Crippen molar-refractivity contribution in [3.05, 3.63) is 64.2 Å². The molecule has 0 heterocycles. The molecule has 0 aromatic heterocycles. The molecule has 0 bridgehead atoms. The molecule has 0 radical (unpaired) electrons. The molecule has 0 aliphatic carbocycles. The first kappa shape index (κ1) is 14.6. The van der Waals surface area contributed by atoms with Crippen LogP contribution in [0.3, 0.4) is 0 Å². The number of Topliss-reactive ketones (excluding diaryl/α,β-unsaturated/α-hetero) is 1. The molecule has 0 amide bonds. The average molecular weight is 289 g/mol. The Hall–Kier alpha value is -1.80. The lowest BCUT2D eigenvalue weighted by atomic mass is 10.0. The summed E-state index contributed by atoms with van der Waals surface area (Å²) >= 11 is 5.86. The number of ether oxygens (including phenoxy) is 1. The van der Waals surface area contributed by atoms with Crippen molar-refractivity contribution < 1.29 is 9.53 Å². The molecule has 0 atom stereocenters. The van der Waals surface area contributed by atoms with Gasteiger partial charge in [-0.1, -0.05) is 35.9 Å². The molecule has 2 aromatic rings. The summed E-state index contributed by atoms with van der Waals surface area (Å²) in [5.74, 6) is 0.666. The van der Waals surface area contributed by atoms with Gasteiger partial charge in [0.15, 0.2) is 5.78 Å². The van der Waals surface area contributed by atoms with Gasteiger partial charge in [0.2, 0.25) is 0 Å².